The zero-order valence-electron chi connectivity index (χ0n) is 14.6. The van der Waals surface area contributed by atoms with Crippen molar-refractivity contribution in [2.75, 3.05) is 7.11 Å². The zero-order chi connectivity index (χ0) is 17.3. The first-order chi connectivity index (χ1) is 11.5. The van der Waals surface area contributed by atoms with E-state index in [1.807, 2.05) is 0 Å². The molecule has 0 spiro atoms. The second-order valence-electron chi connectivity index (χ2n) is 6.56. The largest absolute Gasteiger partial charge is 0.369 e. The lowest BCUT2D eigenvalue weighted by Gasteiger charge is -2.30. The second kappa shape index (κ2) is 6.99. The highest BCUT2D eigenvalue weighted by atomic mass is 19.1. The van der Waals surface area contributed by atoms with Gasteiger partial charge in [-0.1, -0.05) is 17.3 Å². The molecule has 0 unspecified atom stereocenters. The number of rotatable bonds is 5. The topological polar surface area (TPSA) is 51.4 Å². The number of halogens is 1. The molecule has 1 aromatic heterocycles. The van der Waals surface area contributed by atoms with Gasteiger partial charge < -0.3 is 9.26 Å². The van der Waals surface area contributed by atoms with Gasteiger partial charge in [0.1, 0.15) is 11.9 Å². The van der Waals surface area contributed by atoms with Gasteiger partial charge in [0.15, 0.2) is 0 Å². The van der Waals surface area contributed by atoms with E-state index in [2.05, 4.69) is 35.8 Å². The van der Waals surface area contributed by atoms with Crippen LogP contribution in [0, 0.1) is 5.82 Å². The Balaban J connectivity index is 1.82. The summed E-state index contributed by atoms with van der Waals surface area (Å²) >= 11 is 0. The van der Waals surface area contributed by atoms with Gasteiger partial charge in [0.05, 0.1) is 6.04 Å². The minimum atomic E-state index is -0.469. The Morgan fingerprint density at radius 3 is 2.42 bits per heavy atom. The maximum Gasteiger partial charge on any atom is 0.243 e. The minimum absolute atomic E-state index is 0.0597. The van der Waals surface area contributed by atoms with Crippen molar-refractivity contribution in [1.29, 1.82) is 0 Å². The summed E-state index contributed by atoms with van der Waals surface area (Å²) in [7, 11) is 1.58. The normalized spacial score (nSPS) is 24.2. The fourth-order valence-electron chi connectivity index (χ4n) is 3.66. The molecular formula is C18H24FN3O2. The van der Waals surface area contributed by atoms with E-state index in [1.54, 1.807) is 19.2 Å². The first-order valence-electron chi connectivity index (χ1n) is 8.40. The van der Waals surface area contributed by atoms with Gasteiger partial charge in [-0.2, -0.15) is 4.98 Å². The molecule has 3 rings (SSSR count). The molecule has 1 aliphatic rings. The second-order valence-corrected chi connectivity index (χ2v) is 6.56. The standard InChI is InChI=1S/C18H24FN3O2/c1-11-5-6-12(2)22(11)13(3)18-20-17(21-24-18)16(23-4)14-7-9-15(19)10-8-14/h7-13,16H,5-6H2,1-4H3/t11-,12-,13+,16-/m1/s1. The summed E-state index contributed by atoms with van der Waals surface area (Å²) in [5, 5.41) is 4.10. The zero-order valence-corrected chi connectivity index (χ0v) is 14.6. The Morgan fingerprint density at radius 2 is 1.83 bits per heavy atom. The van der Waals surface area contributed by atoms with E-state index >= 15 is 0 Å². The molecule has 2 aromatic rings. The molecule has 0 amide bonds. The Kier molecular flexibility index (Phi) is 4.96. The molecule has 6 heteroatoms. The van der Waals surface area contributed by atoms with Gasteiger partial charge in [0.25, 0.3) is 0 Å². The van der Waals surface area contributed by atoms with Crippen LogP contribution in [0.5, 0.6) is 0 Å². The highest BCUT2D eigenvalue weighted by Crippen LogP contribution is 2.33. The van der Waals surface area contributed by atoms with Gasteiger partial charge in [-0.3, -0.25) is 4.90 Å². The molecule has 1 aliphatic heterocycles. The van der Waals surface area contributed by atoms with Gasteiger partial charge in [-0.15, -0.1) is 0 Å². The van der Waals surface area contributed by atoms with Crippen molar-refractivity contribution in [3.05, 3.63) is 47.4 Å². The lowest BCUT2D eigenvalue weighted by atomic mass is 10.1. The molecule has 0 saturated carbocycles. The molecule has 130 valence electrons. The molecule has 4 atom stereocenters. The molecule has 1 aromatic carbocycles. The van der Waals surface area contributed by atoms with E-state index < -0.39 is 6.10 Å². The molecule has 0 radical (unpaired) electrons. The highest BCUT2D eigenvalue weighted by molar-refractivity contribution is 5.23. The molecule has 1 fully saturated rings. The van der Waals surface area contributed by atoms with Crippen LogP contribution in [0.15, 0.2) is 28.8 Å². The van der Waals surface area contributed by atoms with E-state index in [1.165, 1.54) is 25.0 Å². The number of benzene rings is 1. The van der Waals surface area contributed by atoms with Crippen molar-refractivity contribution in [2.24, 2.45) is 0 Å². The van der Waals surface area contributed by atoms with Crippen LogP contribution in [0.1, 0.15) is 63.0 Å². The van der Waals surface area contributed by atoms with Crippen LogP contribution in [0.2, 0.25) is 0 Å². The average Bonchev–Trinajstić information content (AvgIpc) is 3.17. The molecule has 0 bridgehead atoms. The smallest absolute Gasteiger partial charge is 0.243 e. The number of nitrogens with zero attached hydrogens (tertiary/aromatic N) is 3. The van der Waals surface area contributed by atoms with Gasteiger partial charge in [-0.05, 0) is 51.3 Å². The van der Waals surface area contributed by atoms with Crippen molar-refractivity contribution in [1.82, 2.24) is 15.0 Å². The van der Waals surface area contributed by atoms with E-state index in [9.17, 15) is 4.39 Å². The summed E-state index contributed by atoms with van der Waals surface area (Å²) in [5.74, 6) is 0.772. The minimum Gasteiger partial charge on any atom is -0.369 e. The van der Waals surface area contributed by atoms with E-state index in [0.29, 0.717) is 23.8 Å². The fraction of sp³-hybridized carbons (Fsp3) is 0.556. The van der Waals surface area contributed by atoms with Gasteiger partial charge in [0.2, 0.25) is 11.7 Å². The summed E-state index contributed by atoms with van der Waals surface area (Å²) < 4.78 is 24.1. The predicted octanol–water partition coefficient (Wildman–Crippen LogP) is 3.88. The third-order valence-corrected chi connectivity index (χ3v) is 4.93. The quantitative estimate of drug-likeness (QED) is 0.831. The van der Waals surface area contributed by atoms with Crippen LogP contribution in [-0.2, 0) is 4.74 Å². The monoisotopic (exact) mass is 333 g/mol. The van der Waals surface area contributed by atoms with Crippen LogP contribution in [0.3, 0.4) is 0 Å². The number of hydrogen-bond donors (Lipinski definition) is 0. The van der Waals surface area contributed by atoms with Crippen molar-refractivity contribution in [3.63, 3.8) is 0 Å². The fourth-order valence-corrected chi connectivity index (χ4v) is 3.66. The number of hydrogen-bond acceptors (Lipinski definition) is 5. The summed E-state index contributed by atoms with van der Waals surface area (Å²) in [5.41, 5.74) is 0.793. The third kappa shape index (κ3) is 3.21. The van der Waals surface area contributed by atoms with Crippen LogP contribution < -0.4 is 0 Å². The van der Waals surface area contributed by atoms with Crippen molar-refractivity contribution in [3.8, 4) is 0 Å². The Hall–Kier alpha value is -1.79. The number of ether oxygens (including phenoxy) is 1. The van der Waals surface area contributed by atoms with Crippen LogP contribution in [0.25, 0.3) is 0 Å². The summed E-state index contributed by atoms with van der Waals surface area (Å²) in [6.45, 7) is 6.55. The third-order valence-electron chi connectivity index (χ3n) is 4.93. The number of likely N-dealkylation sites (tertiary alicyclic amines) is 1. The molecule has 1 saturated heterocycles. The lowest BCUT2D eigenvalue weighted by molar-refractivity contribution is 0.124. The van der Waals surface area contributed by atoms with Gasteiger partial charge in [0, 0.05) is 19.2 Å². The predicted molar refractivity (Wildman–Crippen MR) is 88.0 cm³/mol. The summed E-state index contributed by atoms with van der Waals surface area (Å²) in [4.78, 5) is 6.97. The maximum absolute atomic E-state index is 13.1. The summed E-state index contributed by atoms with van der Waals surface area (Å²) in [6.07, 6.45) is 1.90. The first kappa shape index (κ1) is 17.0. The lowest BCUT2D eigenvalue weighted by Crippen LogP contribution is -2.35. The molecular weight excluding hydrogens is 309 g/mol. The molecule has 5 nitrogen and oxygen atoms in total. The first-order valence-corrected chi connectivity index (χ1v) is 8.40. The number of methoxy groups -OCH3 is 1. The van der Waals surface area contributed by atoms with E-state index in [4.69, 9.17) is 9.26 Å². The van der Waals surface area contributed by atoms with E-state index in [0.717, 1.165) is 5.56 Å². The maximum atomic E-state index is 13.1. The highest BCUT2D eigenvalue weighted by Gasteiger charge is 2.34. The van der Waals surface area contributed by atoms with Crippen molar-refractivity contribution < 1.29 is 13.7 Å². The molecule has 0 N–H and O–H groups in total. The SMILES string of the molecule is CO[C@H](c1ccc(F)cc1)c1noc([C@H](C)N2[C@H](C)CC[C@H]2C)n1. The van der Waals surface area contributed by atoms with Gasteiger partial charge in [-0.25, -0.2) is 4.39 Å². The van der Waals surface area contributed by atoms with Gasteiger partial charge >= 0.3 is 0 Å². The molecule has 24 heavy (non-hydrogen) atoms. The number of aromatic nitrogens is 2. The summed E-state index contributed by atoms with van der Waals surface area (Å²) in [6, 6.07) is 7.21. The van der Waals surface area contributed by atoms with Crippen molar-refractivity contribution in [2.45, 2.75) is 57.8 Å². The Morgan fingerprint density at radius 1 is 1.21 bits per heavy atom. The van der Waals surface area contributed by atoms with Crippen LogP contribution in [0.4, 0.5) is 4.39 Å². The van der Waals surface area contributed by atoms with E-state index in [-0.39, 0.29) is 11.9 Å². The average molecular weight is 333 g/mol. The Bertz CT molecular complexity index is 663. The molecule has 2 heterocycles. The van der Waals surface area contributed by atoms with Crippen molar-refractivity contribution >= 4 is 0 Å². The molecule has 0 aliphatic carbocycles. The van der Waals surface area contributed by atoms with Crippen LogP contribution in [-0.4, -0.2) is 34.2 Å². The van der Waals surface area contributed by atoms with Crippen LogP contribution >= 0.6 is 0 Å². The Labute approximate surface area is 141 Å².